The van der Waals surface area contributed by atoms with Crippen LogP contribution in [0, 0.1) is 17.8 Å². The molecule has 0 aromatic heterocycles. The fourth-order valence-corrected chi connectivity index (χ4v) is 0.250. The van der Waals surface area contributed by atoms with E-state index < -0.39 is 0 Å². The number of terminal acetylenes is 1. The van der Waals surface area contributed by atoms with Crippen LogP contribution in [0.25, 0.3) is 0 Å². The fourth-order valence-electron chi connectivity index (χ4n) is 0.250. The molecule has 0 saturated carbocycles. The van der Waals surface area contributed by atoms with Crippen molar-refractivity contribution >= 4 is 0 Å². The molecule has 1 nitrogen and oxygen atoms in total. The molecule has 1 heteroatoms. The maximum absolute atomic E-state index is 5.51. The molecule has 1 atom stereocenters. The van der Waals surface area contributed by atoms with Gasteiger partial charge in [0.05, 0.1) is 6.04 Å². The van der Waals surface area contributed by atoms with Crippen molar-refractivity contribution in [1.29, 1.82) is 0 Å². The first-order chi connectivity index (χ1) is 3.48. The van der Waals surface area contributed by atoms with Crippen LogP contribution in [-0.4, -0.2) is 6.04 Å². The number of nitrogens with two attached hydrogens (primary N) is 1. The van der Waals surface area contributed by atoms with E-state index in [0.29, 0.717) is 0 Å². The molecule has 0 radical (unpaired) electrons. The van der Waals surface area contributed by atoms with E-state index in [2.05, 4.69) is 5.92 Å². The van der Waals surface area contributed by atoms with E-state index in [9.17, 15) is 0 Å². The summed E-state index contributed by atoms with van der Waals surface area (Å²) in [5, 5.41) is 0. The van der Waals surface area contributed by atoms with E-state index in [0.717, 1.165) is 0 Å². The van der Waals surface area contributed by atoms with Gasteiger partial charge in [-0.1, -0.05) is 26.7 Å². The first-order valence-electron chi connectivity index (χ1n) is 2.70. The Bertz CT molecular complexity index is 103. The lowest BCUT2D eigenvalue weighted by atomic mass is 9.88. The summed E-state index contributed by atoms with van der Waals surface area (Å²) < 4.78 is 0. The third-order valence-corrected chi connectivity index (χ3v) is 1.11. The second-order valence-corrected chi connectivity index (χ2v) is 3.01. The molecule has 0 aliphatic carbocycles. The molecule has 0 bridgehead atoms. The van der Waals surface area contributed by atoms with Crippen LogP contribution >= 0.6 is 0 Å². The SMILES string of the molecule is C#CC(N)C(C)(C)C. The van der Waals surface area contributed by atoms with Crippen molar-refractivity contribution in [3.63, 3.8) is 0 Å². The zero-order valence-electron chi connectivity index (χ0n) is 5.73. The predicted molar refractivity (Wildman–Crippen MR) is 36.3 cm³/mol. The highest BCUT2D eigenvalue weighted by Gasteiger charge is 2.17. The molecular formula is C7H13N. The number of hydrogen-bond donors (Lipinski definition) is 1. The van der Waals surface area contributed by atoms with Crippen molar-refractivity contribution in [2.45, 2.75) is 26.8 Å². The maximum atomic E-state index is 5.51. The molecule has 0 aliphatic heterocycles. The van der Waals surface area contributed by atoms with Gasteiger partial charge in [0.1, 0.15) is 0 Å². The minimum Gasteiger partial charge on any atom is -0.317 e. The first kappa shape index (κ1) is 7.52. The Labute approximate surface area is 51.3 Å². The summed E-state index contributed by atoms with van der Waals surface area (Å²) in [6.07, 6.45) is 5.08. The minimum absolute atomic E-state index is 0.0503. The van der Waals surface area contributed by atoms with Gasteiger partial charge in [0.25, 0.3) is 0 Å². The lowest BCUT2D eigenvalue weighted by molar-refractivity contribution is 0.375. The first-order valence-corrected chi connectivity index (χ1v) is 2.70. The van der Waals surface area contributed by atoms with Gasteiger partial charge >= 0.3 is 0 Å². The molecule has 0 aliphatic rings. The molecule has 0 saturated heterocycles. The highest BCUT2D eigenvalue weighted by atomic mass is 14.6. The molecular weight excluding hydrogens is 98.1 g/mol. The van der Waals surface area contributed by atoms with E-state index >= 15 is 0 Å². The van der Waals surface area contributed by atoms with Crippen molar-refractivity contribution in [2.75, 3.05) is 0 Å². The molecule has 0 rings (SSSR count). The van der Waals surface area contributed by atoms with Crippen LogP contribution in [0.15, 0.2) is 0 Å². The summed E-state index contributed by atoms with van der Waals surface area (Å²) in [6, 6.07) is -0.123. The Balaban J connectivity index is 3.87. The molecule has 0 aromatic carbocycles. The van der Waals surface area contributed by atoms with Gasteiger partial charge in [-0.25, -0.2) is 0 Å². The molecule has 8 heavy (non-hydrogen) atoms. The van der Waals surface area contributed by atoms with Gasteiger partial charge < -0.3 is 5.73 Å². The molecule has 0 heterocycles. The largest absolute Gasteiger partial charge is 0.317 e. The van der Waals surface area contributed by atoms with Crippen LogP contribution in [0.5, 0.6) is 0 Å². The Hall–Kier alpha value is -0.480. The Morgan fingerprint density at radius 3 is 1.88 bits per heavy atom. The van der Waals surface area contributed by atoms with Crippen molar-refractivity contribution in [3.05, 3.63) is 0 Å². The Morgan fingerprint density at radius 2 is 1.88 bits per heavy atom. The third kappa shape index (κ3) is 1.99. The Morgan fingerprint density at radius 1 is 1.50 bits per heavy atom. The molecule has 0 spiro atoms. The smallest absolute Gasteiger partial charge is 0.0711 e. The molecule has 1 unspecified atom stereocenters. The van der Waals surface area contributed by atoms with Crippen LogP contribution in [0.2, 0.25) is 0 Å². The molecule has 0 aromatic rings. The van der Waals surface area contributed by atoms with Crippen molar-refractivity contribution in [3.8, 4) is 12.3 Å². The second-order valence-electron chi connectivity index (χ2n) is 3.01. The van der Waals surface area contributed by atoms with Crippen LogP contribution in [0.3, 0.4) is 0 Å². The van der Waals surface area contributed by atoms with Crippen molar-refractivity contribution in [1.82, 2.24) is 0 Å². The zero-order valence-corrected chi connectivity index (χ0v) is 5.73. The van der Waals surface area contributed by atoms with E-state index in [1.807, 2.05) is 20.8 Å². The average Bonchev–Trinajstić information content (AvgIpc) is 1.62. The summed E-state index contributed by atoms with van der Waals surface area (Å²) in [5.41, 5.74) is 5.56. The van der Waals surface area contributed by atoms with Crippen molar-refractivity contribution in [2.24, 2.45) is 11.1 Å². The van der Waals surface area contributed by atoms with Crippen LogP contribution in [0.1, 0.15) is 20.8 Å². The van der Waals surface area contributed by atoms with Gasteiger partial charge in [0.2, 0.25) is 0 Å². The van der Waals surface area contributed by atoms with Crippen molar-refractivity contribution < 1.29 is 0 Å². The average molecular weight is 111 g/mol. The minimum atomic E-state index is -0.123. The van der Waals surface area contributed by atoms with Crippen LogP contribution in [-0.2, 0) is 0 Å². The van der Waals surface area contributed by atoms with E-state index in [4.69, 9.17) is 12.2 Å². The summed E-state index contributed by atoms with van der Waals surface area (Å²) in [5.74, 6) is 2.48. The van der Waals surface area contributed by atoms with Gasteiger partial charge in [-0.3, -0.25) is 0 Å². The summed E-state index contributed by atoms with van der Waals surface area (Å²) in [6.45, 7) is 6.08. The second kappa shape index (κ2) is 2.19. The monoisotopic (exact) mass is 111 g/mol. The molecule has 0 fully saturated rings. The number of hydrogen-bond acceptors (Lipinski definition) is 1. The summed E-state index contributed by atoms with van der Waals surface area (Å²) in [4.78, 5) is 0. The van der Waals surface area contributed by atoms with E-state index in [-0.39, 0.29) is 11.5 Å². The van der Waals surface area contributed by atoms with Gasteiger partial charge in [0, 0.05) is 0 Å². The van der Waals surface area contributed by atoms with E-state index in [1.165, 1.54) is 0 Å². The van der Waals surface area contributed by atoms with Gasteiger partial charge in [-0.2, -0.15) is 0 Å². The molecule has 46 valence electrons. The predicted octanol–water partition coefficient (Wildman–Crippen LogP) is 0.993. The molecule has 0 amide bonds. The molecule has 2 N–H and O–H groups in total. The maximum Gasteiger partial charge on any atom is 0.0711 e. The number of rotatable bonds is 0. The quantitative estimate of drug-likeness (QED) is 0.463. The third-order valence-electron chi connectivity index (χ3n) is 1.11. The van der Waals surface area contributed by atoms with Crippen LogP contribution < -0.4 is 5.73 Å². The van der Waals surface area contributed by atoms with Gasteiger partial charge in [-0.15, -0.1) is 6.42 Å². The lowest BCUT2D eigenvalue weighted by Gasteiger charge is -2.21. The normalized spacial score (nSPS) is 14.9. The van der Waals surface area contributed by atoms with E-state index in [1.54, 1.807) is 0 Å². The highest BCUT2D eigenvalue weighted by molar-refractivity contribution is 5.02. The van der Waals surface area contributed by atoms with Crippen LogP contribution in [0.4, 0.5) is 0 Å². The summed E-state index contributed by atoms with van der Waals surface area (Å²) in [7, 11) is 0. The standard InChI is InChI=1S/C7H13N/c1-5-6(8)7(2,3)4/h1,6H,8H2,2-4H3. The fraction of sp³-hybridized carbons (Fsp3) is 0.714. The topological polar surface area (TPSA) is 26.0 Å². The lowest BCUT2D eigenvalue weighted by Crippen LogP contribution is -2.33. The Kier molecular flexibility index (Phi) is 2.06. The zero-order chi connectivity index (χ0) is 6.78. The van der Waals surface area contributed by atoms with Gasteiger partial charge in [0.15, 0.2) is 0 Å². The highest BCUT2D eigenvalue weighted by Crippen LogP contribution is 2.15. The van der Waals surface area contributed by atoms with Gasteiger partial charge in [-0.05, 0) is 5.41 Å². The summed E-state index contributed by atoms with van der Waals surface area (Å²) >= 11 is 0.